The molecule has 1 N–H and O–H groups in total. The Labute approximate surface area is 117 Å². The van der Waals surface area contributed by atoms with Gasteiger partial charge in [-0.2, -0.15) is 5.10 Å². The molecule has 100 valence electrons. The summed E-state index contributed by atoms with van der Waals surface area (Å²) in [6.07, 6.45) is 0.395. The average molecular weight is 301 g/mol. The van der Waals surface area contributed by atoms with Gasteiger partial charge in [0, 0.05) is 12.8 Å². The molecule has 0 saturated carbocycles. The van der Waals surface area contributed by atoms with Crippen molar-refractivity contribution >= 4 is 46.3 Å². The van der Waals surface area contributed by atoms with Crippen molar-refractivity contribution in [3.8, 4) is 0 Å². The van der Waals surface area contributed by atoms with Crippen molar-refractivity contribution in [2.24, 2.45) is 5.10 Å². The second kappa shape index (κ2) is 5.94. The molecule has 1 amide bonds. The molecular formula is C11H9ClN2O4S. The number of rotatable bonds is 4. The van der Waals surface area contributed by atoms with Gasteiger partial charge in [-0.25, -0.2) is 10.2 Å². The van der Waals surface area contributed by atoms with Gasteiger partial charge in [0.05, 0.1) is 9.21 Å². The van der Waals surface area contributed by atoms with Gasteiger partial charge in [-0.1, -0.05) is 11.6 Å². The lowest BCUT2D eigenvalue weighted by atomic mass is 10.2. The van der Waals surface area contributed by atoms with Crippen LogP contribution in [-0.4, -0.2) is 30.0 Å². The fourth-order valence-corrected chi connectivity index (χ4v) is 2.34. The van der Waals surface area contributed by atoms with Crippen LogP contribution in [0.3, 0.4) is 0 Å². The maximum Gasteiger partial charge on any atom is 0.354 e. The number of hydrogen-bond donors (Lipinski definition) is 1. The second-order valence-electron chi connectivity index (χ2n) is 3.70. The summed E-state index contributed by atoms with van der Waals surface area (Å²) in [5.74, 6) is -1.28. The monoisotopic (exact) mass is 300 g/mol. The Morgan fingerprint density at radius 1 is 1.42 bits per heavy atom. The molecule has 0 radical (unpaired) electrons. The predicted molar refractivity (Wildman–Crippen MR) is 69.4 cm³/mol. The van der Waals surface area contributed by atoms with Gasteiger partial charge in [0.2, 0.25) is 11.7 Å². The Bertz CT molecular complexity index is 567. The Morgan fingerprint density at radius 2 is 2.21 bits per heavy atom. The zero-order chi connectivity index (χ0) is 13.8. The van der Waals surface area contributed by atoms with Crippen LogP contribution in [-0.2, 0) is 14.3 Å². The van der Waals surface area contributed by atoms with Gasteiger partial charge >= 0.3 is 5.97 Å². The molecule has 0 spiro atoms. The average Bonchev–Trinajstić information content (AvgIpc) is 2.83. The smallest absolute Gasteiger partial charge is 0.354 e. The molecular weight excluding hydrogens is 292 g/mol. The number of thiophene rings is 1. The minimum absolute atomic E-state index is 0.108. The van der Waals surface area contributed by atoms with Gasteiger partial charge in [-0.3, -0.25) is 9.59 Å². The van der Waals surface area contributed by atoms with E-state index in [1.165, 1.54) is 0 Å². The number of amides is 1. The lowest BCUT2D eigenvalue weighted by Crippen LogP contribution is -2.31. The van der Waals surface area contributed by atoms with Crippen molar-refractivity contribution in [3.63, 3.8) is 0 Å². The topological polar surface area (TPSA) is 84.8 Å². The first-order valence-electron chi connectivity index (χ1n) is 5.37. The third kappa shape index (κ3) is 3.62. The normalized spacial score (nSPS) is 14.6. The van der Waals surface area contributed by atoms with Crippen LogP contribution in [0.15, 0.2) is 17.2 Å². The third-order valence-corrected chi connectivity index (χ3v) is 3.59. The molecule has 1 aliphatic rings. The van der Waals surface area contributed by atoms with E-state index in [2.05, 4.69) is 10.5 Å². The fraction of sp³-hybridized carbons (Fsp3) is 0.273. The van der Waals surface area contributed by atoms with Crippen molar-refractivity contribution in [3.05, 3.63) is 21.3 Å². The van der Waals surface area contributed by atoms with Crippen LogP contribution in [0, 0.1) is 0 Å². The van der Waals surface area contributed by atoms with E-state index in [9.17, 15) is 14.4 Å². The highest BCUT2D eigenvalue weighted by Gasteiger charge is 2.21. The van der Waals surface area contributed by atoms with E-state index < -0.39 is 5.97 Å². The fourth-order valence-electron chi connectivity index (χ4n) is 1.37. The molecule has 1 aliphatic heterocycles. The minimum atomic E-state index is -0.698. The van der Waals surface area contributed by atoms with Crippen LogP contribution in [0.5, 0.6) is 0 Å². The number of carbonyl (C=O) groups is 3. The minimum Gasteiger partial charge on any atom is -0.453 e. The van der Waals surface area contributed by atoms with Gasteiger partial charge in [-0.05, 0) is 12.1 Å². The molecule has 1 aromatic heterocycles. The Hall–Kier alpha value is -1.73. The van der Waals surface area contributed by atoms with Crippen molar-refractivity contribution < 1.29 is 19.1 Å². The maximum absolute atomic E-state index is 11.7. The van der Waals surface area contributed by atoms with Crippen molar-refractivity contribution in [1.29, 1.82) is 0 Å². The largest absolute Gasteiger partial charge is 0.453 e. The van der Waals surface area contributed by atoms with E-state index in [1.54, 1.807) is 12.1 Å². The van der Waals surface area contributed by atoms with Gasteiger partial charge in [0.25, 0.3) is 0 Å². The number of nitrogens with one attached hydrogen (secondary N) is 1. The number of carbonyl (C=O) groups excluding carboxylic acids is 3. The van der Waals surface area contributed by atoms with Crippen LogP contribution in [0.1, 0.15) is 22.5 Å². The highest BCUT2D eigenvalue weighted by Crippen LogP contribution is 2.21. The van der Waals surface area contributed by atoms with Crippen molar-refractivity contribution in [2.75, 3.05) is 6.61 Å². The van der Waals surface area contributed by atoms with E-state index in [1.807, 2.05) is 0 Å². The number of ether oxygens (including phenoxy) is 1. The Balaban J connectivity index is 1.87. The molecule has 8 heteroatoms. The molecule has 0 atom stereocenters. The number of hydrogen-bond acceptors (Lipinski definition) is 6. The molecule has 0 aromatic carbocycles. The van der Waals surface area contributed by atoms with E-state index in [4.69, 9.17) is 16.3 Å². The summed E-state index contributed by atoms with van der Waals surface area (Å²) in [6, 6.07) is 3.17. The lowest BCUT2D eigenvalue weighted by molar-refractivity contribution is -0.134. The lowest BCUT2D eigenvalue weighted by Gasteiger charge is -2.10. The molecule has 2 heterocycles. The number of ketones is 1. The molecule has 0 bridgehead atoms. The van der Waals surface area contributed by atoms with Crippen molar-refractivity contribution in [1.82, 2.24) is 5.43 Å². The highest BCUT2D eigenvalue weighted by atomic mass is 35.5. The van der Waals surface area contributed by atoms with Gasteiger partial charge < -0.3 is 4.74 Å². The summed E-state index contributed by atoms with van der Waals surface area (Å²) in [7, 11) is 0. The summed E-state index contributed by atoms with van der Waals surface area (Å²) in [5.41, 5.74) is 2.29. The molecule has 0 unspecified atom stereocenters. The van der Waals surface area contributed by atoms with Crippen LogP contribution in [0.4, 0.5) is 0 Å². The molecule has 19 heavy (non-hydrogen) atoms. The van der Waals surface area contributed by atoms with Crippen LogP contribution < -0.4 is 5.43 Å². The maximum atomic E-state index is 11.7. The first kappa shape index (κ1) is 13.7. The summed E-state index contributed by atoms with van der Waals surface area (Å²) in [6.45, 7) is -0.372. The Morgan fingerprint density at radius 3 is 2.79 bits per heavy atom. The van der Waals surface area contributed by atoms with Crippen LogP contribution >= 0.6 is 22.9 Å². The number of nitrogens with zero attached hydrogens (tertiary/aromatic N) is 1. The molecule has 2 rings (SSSR count). The van der Waals surface area contributed by atoms with Gasteiger partial charge in [0.1, 0.15) is 5.71 Å². The summed E-state index contributed by atoms with van der Waals surface area (Å²) >= 11 is 6.82. The zero-order valence-electron chi connectivity index (χ0n) is 9.64. The molecule has 0 aliphatic carbocycles. The quantitative estimate of drug-likeness (QED) is 0.672. The van der Waals surface area contributed by atoms with Crippen molar-refractivity contribution in [2.45, 2.75) is 12.8 Å². The highest BCUT2D eigenvalue weighted by molar-refractivity contribution is 7.18. The number of esters is 1. The number of halogens is 1. The van der Waals surface area contributed by atoms with Crippen LogP contribution in [0.25, 0.3) is 0 Å². The van der Waals surface area contributed by atoms with Gasteiger partial charge in [-0.15, -0.1) is 11.3 Å². The standard InChI is InChI=1S/C11H9ClN2O4S/c12-9-3-2-8(19-9)7(15)5-18-11(17)6-1-4-10(16)14-13-6/h2-3H,1,4-5H2,(H,14,16). The predicted octanol–water partition coefficient (Wildman–Crippen LogP) is 1.39. The summed E-state index contributed by atoms with van der Waals surface area (Å²) in [4.78, 5) is 34.5. The number of hydrazone groups is 1. The molecule has 1 aromatic rings. The van der Waals surface area contributed by atoms with Gasteiger partial charge in [0.15, 0.2) is 6.61 Å². The zero-order valence-corrected chi connectivity index (χ0v) is 11.2. The van der Waals surface area contributed by atoms with E-state index in [-0.39, 0.29) is 36.9 Å². The summed E-state index contributed by atoms with van der Waals surface area (Å²) in [5, 5.41) is 3.58. The second-order valence-corrected chi connectivity index (χ2v) is 5.41. The van der Waals surface area contributed by atoms with E-state index in [0.29, 0.717) is 9.21 Å². The molecule has 0 fully saturated rings. The van der Waals surface area contributed by atoms with E-state index in [0.717, 1.165) is 11.3 Å². The number of Topliss-reactive ketones (excluding diaryl/α,β-unsaturated/α-hetero) is 1. The van der Waals surface area contributed by atoms with Crippen LogP contribution in [0.2, 0.25) is 4.34 Å². The molecule has 6 nitrogen and oxygen atoms in total. The SMILES string of the molecule is O=C1CCC(C(=O)OCC(=O)c2ccc(Cl)s2)=NN1. The summed E-state index contributed by atoms with van der Waals surface area (Å²) < 4.78 is 5.33. The Kier molecular flexibility index (Phi) is 4.28. The first-order chi connectivity index (χ1) is 9.06. The first-order valence-corrected chi connectivity index (χ1v) is 6.57. The molecule has 0 saturated heterocycles. The third-order valence-electron chi connectivity index (χ3n) is 2.32. The van der Waals surface area contributed by atoms with E-state index >= 15 is 0 Å².